The molecule has 1 aromatic rings. The van der Waals surface area contributed by atoms with E-state index < -0.39 is 0 Å². The predicted molar refractivity (Wildman–Crippen MR) is 65.8 cm³/mol. The minimum absolute atomic E-state index is 0.0223. The second-order valence-corrected chi connectivity index (χ2v) is 3.43. The zero-order chi connectivity index (χ0) is 12.3. The first kappa shape index (κ1) is 13.6. The standard InChI is InChI=1S/C12H18N2O3/c15-7-9-17-8-6-13-10-12(16)14-11-4-2-1-3-5-11/h1-5,13,15H,6-10H2,(H,14,16). The van der Waals surface area contributed by atoms with Crippen LogP contribution in [-0.4, -0.2) is 43.9 Å². The Morgan fingerprint density at radius 3 is 2.71 bits per heavy atom. The molecule has 0 bridgehead atoms. The molecule has 0 aliphatic heterocycles. The van der Waals surface area contributed by atoms with Crippen molar-refractivity contribution in [2.75, 3.05) is 38.2 Å². The third-order valence-corrected chi connectivity index (χ3v) is 2.00. The van der Waals surface area contributed by atoms with Gasteiger partial charge in [0, 0.05) is 12.2 Å². The minimum atomic E-state index is -0.0849. The molecular weight excluding hydrogens is 220 g/mol. The lowest BCUT2D eigenvalue weighted by Crippen LogP contribution is -2.30. The summed E-state index contributed by atoms with van der Waals surface area (Å²) in [4.78, 5) is 11.4. The van der Waals surface area contributed by atoms with E-state index in [-0.39, 0.29) is 19.1 Å². The number of nitrogens with one attached hydrogen (secondary N) is 2. The van der Waals surface area contributed by atoms with Crippen LogP contribution in [0.1, 0.15) is 0 Å². The molecule has 0 aliphatic carbocycles. The molecule has 0 aromatic heterocycles. The number of para-hydroxylation sites is 1. The van der Waals surface area contributed by atoms with Crippen LogP contribution in [0.3, 0.4) is 0 Å². The minimum Gasteiger partial charge on any atom is -0.394 e. The van der Waals surface area contributed by atoms with Crippen LogP contribution >= 0.6 is 0 Å². The Morgan fingerprint density at radius 2 is 2.00 bits per heavy atom. The van der Waals surface area contributed by atoms with Crippen LogP contribution in [0.4, 0.5) is 5.69 Å². The second-order valence-electron chi connectivity index (χ2n) is 3.43. The molecule has 1 rings (SSSR count). The molecule has 0 saturated heterocycles. The van der Waals surface area contributed by atoms with Crippen LogP contribution in [-0.2, 0) is 9.53 Å². The van der Waals surface area contributed by atoms with Gasteiger partial charge in [0.1, 0.15) is 0 Å². The maximum atomic E-state index is 11.4. The maximum absolute atomic E-state index is 11.4. The van der Waals surface area contributed by atoms with Gasteiger partial charge in [0.25, 0.3) is 0 Å². The molecule has 17 heavy (non-hydrogen) atoms. The number of carbonyl (C=O) groups is 1. The molecule has 1 amide bonds. The summed E-state index contributed by atoms with van der Waals surface area (Å²) in [5, 5.41) is 14.2. The monoisotopic (exact) mass is 238 g/mol. The molecule has 0 aliphatic rings. The van der Waals surface area contributed by atoms with E-state index in [1.807, 2.05) is 30.3 Å². The summed E-state index contributed by atoms with van der Waals surface area (Å²) in [6.45, 7) is 1.67. The number of carbonyl (C=O) groups excluding carboxylic acids is 1. The van der Waals surface area contributed by atoms with Gasteiger partial charge in [-0.15, -0.1) is 0 Å². The zero-order valence-electron chi connectivity index (χ0n) is 9.69. The Hall–Kier alpha value is -1.43. The topological polar surface area (TPSA) is 70.6 Å². The molecule has 5 heteroatoms. The van der Waals surface area contributed by atoms with Gasteiger partial charge in [-0.2, -0.15) is 0 Å². The van der Waals surface area contributed by atoms with E-state index in [2.05, 4.69) is 10.6 Å². The largest absolute Gasteiger partial charge is 0.394 e. The van der Waals surface area contributed by atoms with E-state index in [9.17, 15) is 4.79 Å². The lowest BCUT2D eigenvalue weighted by molar-refractivity contribution is -0.115. The Bertz CT molecular complexity index is 317. The van der Waals surface area contributed by atoms with Gasteiger partial charge >= 0.3 is 0 Å². The van der Waals surface area contributed by atoms with Crippen molar-refractivity contribution >= 4 is 11.6 Å². The van der Waals surface area contributed by atoms with Crippen LogP contribution in [0, 0.1) is 0 Å². The smallest absolute Gasteiger partial charge is 0.238 e. The van der Waals surface area contributed by atoms with Crippen molar-refractivity contribution in [2.24, 2.45) is 0 Å². The van der Waals surface area contributed by atoms with Crippen LogP contribution in [0.5, 0.6) is 0 Å². The summed E-state index contributed by atoms with van der Waals surface area (Å²) in [6, 6.07) is 9.30. The van der Waals surface area contributed by atoms with Gasteiger partial charge < -0.3 is 20.5 Å². The molecule has 0 fully saturated rings. The number of rotatable bonds is 8. The summed E-state index contributed by atoms with van der Waals surface area (Å²) in [5.41, 5.74) is 0.788. The molecule has 0 saturated carbocycles. The van der Waals surface area contributed by atoms with E-state index in [0.717, 1.165) is 5.69 Å². The summed E-state index contributed by atoms with van der Waals surface area (Å²) >= 11 is 0. The number of benzene rings is 1. The molecule has 0 atom stereocenters. The first-order valence-corrected chi connectivity index (χ1v) is 5.57. The number of anilines is 1. The van der Waals surface area contributed by atoms with Gasteiger partial charge in [0.2, 0.25) is 5.91 Å². The van der Waals surface area contributed by atoms with Gasteiger partial charge in [0.05, 0.1) is 26.4 Å². The first-order chi connectivity index (χ1) is 8.33. The van der Waals surface area contributed by atoms with Crippen molar-refractivity contribution in [2.45, 2.75) is 0 Å². The van der Waals surface area contributed by atoms with E-state index in [4.69, 9.17) is 9.84 Å². The van der Waals surface area contributed by atoms with Gasteiger partial charge in [0.15, 0.2) is 0 Å². The molecule has 0 spiro atoms. The Kier molecular flexibility index (Phi) is 6.97. The van der Waals surface area contributed by atoms with E-state index in [0.29, 0.717) is 19.8 Å². The normalized spacial score (nSPS) is 10.2. The predicted octanol–water partition coefficient (Wildman–Crippen LogP) is 0.224. The molecule has 3 N–H and O–H groups in total. The van der Waals surface area contributed by atoms with E-state index in [1.54, 1.807) is 0 Å². The highest BCUT2D eigenvalue weighted by molar-refractivity contribution is 5.92. The fourth-order valence-electron chi connectivity index (χ4n) is 1.24. The maximum Gasteiger partial charge on any atom is 0.238 e. The fourth-order valence-corrected chi connectivity index (χ4v) is 1.24. The number of aliphatic hydroxyl groups is 1. The van der Waals surface area contributed by atoms with E-state index in [1.165, 1.54) is 0 Å². The highest BCUT2D eigenvalue weighted by Gasteiger charge is 2.00. The number of hydrogen-bond donors (Lipinski definition) is 3. The molecule has 0 unspecified atom stereocenters. The average molecular weight is 238 g/mol. The lowest BCUT2D eigenvalue weighted by Gasteiger charge is -2.06. The van der Waals surface area contributed by atoms with Crippen molar-refractivity contribution < 1.29 is 14.6 Å². The van der Waals surface area contributed by atoms with Crippen molar-refractivity contribution in [1.82, 2.24) is 5.32 Å². The number of hydrogen-bond acceptors (Lipinski definition) is 4. The van der Waals surface area contributed by atoms with Gasteiger partial charge in [-0.3, -0.25) is 4.79 Å². The summed E-state index contributed by atoms with van der Waals surface area (Å²) in [5.74, 6) is -0.0849. The third kappa shape index (κ3) is 6.68. The highest BCUT2D eigenvalue weighted by atomic mass is 16.5. The Labute approximate surface area is 101 Å². The summed E-state index contributed by atoms with van der Waals surface area (Å²) in [6.07, 6.45) is 0. The van der Waals surface area contributed by atoms with Crippen LogP contribution in [0.2, 0.25) is 0 Å². The van der Waals surface area contributed by atoms with E-state index >= 15 is 0 Å². The highest BCUT2D eigenvalue weighted by Crippen LogP contribution is 2.03. The van der Waals surface area contributed by atoms with Crippen molar-refractivity contribution in [3.05, 3.63) is 30.3 Å². The summed E-state index contributed by atoms with van der Waals surface area (Å²) in [7, 11) is 0. The molecule has 0 radical (unpaired) electrons. The fraction of sp³-hybridized carbons (Fsp3) is 0.417. The second kappa shape index (κ2) is 8.69. The van der Waals surface area contributed by atoms with Gasteiger partial charge in [-0.1, -0.05) is 18.2 Å². The number of amides is 1. The average Bonchev–Trinajstić information content (AvgIpc) is 2.35. The number of aliphatic hydroxyl groups excluding tert-OH is 1. The molecular formula is C12H18N2O3. The quantitative estimate of drug-likeness (QED) is 0.567. The van der Waals surface area contributed by atoms with Crippen molar-refractivity contribution in [3.63, 3.8) is 0 Å². The SMILES string of the molecule is O=C(CNCCOCCO)Nc1ccccc1. The molecule has 5 nitrogen and oxygen atoms in total. The summed E-state index contributed by atoms with van der Waals surface area (Å²) < 4.78 is 5.04. The van der Waals surface area contributed by atoms with Crippen LogP contribution in [0.15, 0.2) is 30.3 Å². The van der Waals surface area contributed by atoms with Crippen LogP contribution < -0.4 is 10.6 Å². The molecule has 1 aromatic carbocycles. The Morgan fingerprint density at radius 1 is 1.24 bits per heavy atom. The third-order valence-electron chi connectivity index (χ3n) is 2.00. The van der Waals surface area contributed by atoms with Crippen molar-refractivity contribution in [1.29, 1.82) is 0 Å². The molecule has 0 heterocycles. The van der Waals surface area contributed by atoms with Crippen molar-refractivity contribution in [3.8, 4) is 0 Å². The lowest BCUT2D eigenvalue weighted by atomic mass is 10.3. The number of ether oxygens (including phenoxy) is 1. The van der Waals surface area contributed by atoms with Gasteiger partial charge in [-0.25, -0.2) is 0 Å². The zero-order valence-corrected chi connectivity index (χ0v) is 9.69. The first-order valence-electron chi connectivity index (χ1n) is 5.57. The van der Waals surface area contributed by atoms with Crippen LogP contribution in [0.25, 0.3) is 0 Å². The van der Waals surface area contributed by atoms with Gasteiger partial charge in [-0.05, 0) is 12.1 Å². The Balaban J connectivity index is 2.06. The molecule has 94 valence electrons.